The number of aliphatic hydroxyl groups is 1. The van der Waals surface area contributed by atoms with Gasteiger partial charge in [0.1, 0.15) is 0 Å². The molecule has 0 radical (unpaired) electrons. The predicted octanol–water partition coefficient (Wildman–Crippen LogP) is 7.27. The molecule has 4 rings (SSSR count). The van der Waals surface area contributed by atoms with Crippen LogP contribution in [0.4, 0.5) is 0 Å². The van der Waals surface area contributed by atoms with E-state index in [1.807, 2.05) is 0 Å². The Morgan fingerprint density at radius 1 is 1.16 bits per heavy atom. The minimum atomic E-state index is -0.202. The Morgan fingerprint density at radius 3 is 2.58 bits per heavy atom. The molecule has 2 heteroatoms. The van der Waals surface area contributed by atoms with Crippen molar-refractivity contribution in [1.29, 1.82) is 0 Å². The Balaban J connectivity index is 1.57. The van der Waals surface area contributed by atoms with Gasteiger partial charge in [0.05, 0.1) is 6.10 Å². The third-order valence-corrected chi connectivity index (χ3v) is 10.6. The van der Waals surface area contributed by atoms with Crippen molar-refractivity contribution in [1.82, 2.24) is 0 Å². The van der Waals surface area contributed by atoms with Crippen LogP contribution >= 0.6 is 0 Å². The molecule has 174 valence electrons. The minimum absolute atomic E-state index is 0.158. The van der Waals surface area contributed by atoms with Crippen LogP contribution in [0.2, 0.25) is 0 Å². The van der Waals surface area contributed by atoms with Gasteiger partial charge in [0.15, 0.2) is 5.78 Å². The second kappa shape index (κ2) is 8.47. The first-order valence-corrected chi connectivity index (χ1v) is 13.2. The summed E-state index contributed by atoms with van der Waals surface area (Å²) in [5.74, 6) is 3.38. The van der Waals surface area contributed by atoms with Crippen molar-refractivity contribution >= 4 is 5.78 Å². The van der Waals surface area contributed by atoms with Crippen LogP contribution in [0.25, 0.3) is 0 Å². The van der Waals surface area contributed by atoms with Gasteiger partial charge in [0.2, 0.25) is 0 Å². The Morgan fingerprint density at radius 2 is 1.90 bits per heavy atom. The Bertz CT molecular complexity index is 774. The Labute approximate surface area is 191 Å². The molecule has 2 nitrogen and oxygen atoms in total. The number of Topliss-reactive ketones (excluding diaryl/α,β-unsaturated/α-hetero) is 1. The van der Waals surface area contributed by atoms with Crippen molar-refractivity contribution in [2.75, 3.05) is 0 Å². The molecule has 7 unspecified atom stereocenters. The molecule has 0 aliphatic heterocycles. The average molecular weight is 427 g/mol. The summed E-state index contributed by atoms with van der Waals surface area (Å²) < 4.78 is 0. The van der Waals surface area contributed by atoms with E-state index in [2.05, 4.69) is 47.6 Å². The average Bonchev–Trinajstić information content (AvgIpc) is 3.06. The number of carbonyl (C=O) groups is 1. The topological polar surface area (TPSA) is 37.3 Å². The summed E-state index contributed by atoms with van der Waals surface area (Å²) in [5.41, 5.74) is 4.84. The van der Waals surface area contributed by atoms with Crippen LogP contribution in [0.5, 0.6) is 0 Å². The van der Waals surface area contributed by atoms with Crippen molar-refractivity contribution < 1.29 is 9.90 Å². The molecule has 0 aromatic heterocycles. The SMILES string of the molecule is C/C=C(\CCC(C)C1CCC2C3=C(CCC21C)C1(C)CCC(O)CC1CC3=O)C(C)C. The van der Waals surface area contributed by atoms with Crippen LogP contribution < -0.4 is 0 Å². The van der Waals surface area contributed by atoms with E-state index in [9.17, 15) is 9.90 Å². The van der Waals surface area contributed by atoms with Gasteiger partial charge in [-0.05, 0) is 111 Å². The zero-order valence-electron chi connectivity index (χ0n) is 21.0. The summed E-state index contributed by atoms with van der Waals surface area (Å²) >= 11 is 0. The number of fused-ring (bicyclic) bond motifs is 4. The molecule has 0 spiro atoms. The van der Waals surface area contributed by atoms with E-state index in [4.69, 9.17) is 0 Å². The third kappa shape index (κ3) is 3.79. The smallest absolute Gasteiger partial charge is 0.159 e. The zero-order chi connectivity index (χ0) is 22.6. The molecule has 7 atom stereocenters. The number of hydrogen-bond acceptors (Lipinski definition) is 2. The molecular weight excluding hydrogens is 380 g/mol. The lowest BCUT2D eigenvalue weighted by molar-refractivity contribution is -0.121. The van der Waals surface area contributed by atoms with Crippen molar-refractivity contribution in [3.05, 3.63) is 22.8 Å². The summed E-state index contributed by atoms with van der Waals surface area (Å²) in [6.07, 6.45) is 13.0. The van der Waals surface area contributed by atoms with Gasteiger partial charge in [0, 0.05) is 6.42 Å². The van der Waals surface area contributed by atoms with Crippen LogP contribution in [0.15, 0.2) is 22.8 Å². The van der Waals surface area contributed by atoms with Crippen LogP contribution in [0.1, 0.15) is 106 Å². The van der Waals surface area contributed by atoms with Crippen molar-refractivity contribution in [2.24, 2.45) is 40.4 Å². The number of ketones is 1. The second-order valence-electron chi connectivity index (χ2n) is 12.3. The van der Waals surface area contributed by atoms with Crippen LogP contribution in [0, 0.1) is 40.4 Å². The molecule has 31 heavy (non-hydrogen) atoms. The first-order valence-electron chi connectivity index (χ1n) is 13.2. The van der Waals surface area contributed by atoms with Crippen LogP contribution in [-0.2, 0) is 4.79 Å². The molecule has 0 amide bonds. The van der Waals surface area contributed by atoms with Crippen LogP contribution in [0.3, 0.4) is 0 Å². The molecule has 2 fully saturated rings. The maximum absolute atomic E-state index is 13.5. The molecule has 1 N–H and O–H groups in total. The lowest BCUT2D eigenvalue weighted by Gasteiger charge is -2.54. The quantitative estimate of drug-likeness (QED) is 0.469. The molecule has 2 saturated carbocycles. The number of aliphatic hydroxyl groups excluding tert-OH is 1. The lowest BCUT2D eigenvalue weighted by Crippen LogP contribution is -2.48. The van der Waals surface area contributed by atoms with Crippen molar-refractivity contribution in [3.8, 4) is 0 Å². The summed E-state index contributed by atoms with van der Waals surface area (Å²) in [6, 6.07) is 0. The standard InChI is InChI=1S/C29H46O2/c1-7-20(18(2)3)9-8-19(4)23-10-11-24-27-25(13-15-29(23,24)6)28(5)14-12-22(30)16-21(28)17-26(27)31/h7,18-19,21-24,30H,8-17H2,1-6H3/b20-7+. The van der Waals surface area contributed by atoms with E-state index in [0.29, 0.717) is 35.4 Å². The van der Waals surface area contributed by atoms with Gasteiger partial charge in [-0.15, -0.1) is 0 Å². The molecular formula is C29H46O2. The van der Waals surface area contributed by atoms with E-state index in [0.717, 1.165) is 37.5 Å². The number of allylic oxidation sites excluding steroid dienone is 4. The lowest BCUT2D eigenvalue weighted by atomic mass is 9.50. The van der Waals surface area contributed by atoms with E-state index in [-0.39, 0.29) is 11.5 Å². The minimum Gasteiger partial charge on any atom is -0.393 e. The summed E-state index contributed by atoms with van der Waals surface area (Å²) in [6.45, 7) is 14.3. The highest BCUT2D eigenvalue weighted by Crippen LogP contribution is 2.65. The molecule has 0 heterocycles. The molecule has 4 aliphatic carbocycles. The fourth-order valence-corrected chi connectivity index (χ4v) is 8.51. The summed E-state index contributed by atoms with van der Waals surface area (Å²) in [4.78, 5) is 13.5. The maximum Gasteiger partial charge on any atom is 0.159 e. The summed E-state index contributed by atoms with van der Waals surface area (Å²) in [5, 5.41) is 10.2. The molecule has 0 aromatic carbocycles. The van der Waals surface area contributed by atoms with E-state index in [1.165, 1.54) is 43.3 Å². The van der Waals surface area contributed by atoms with Gasteiger partial charge in [-0.2, -0.15) is 0 Å². The highest BCUT2D eigenvalue weighted by molar-refractivity contribution is 5.98. The normalized spacial score (nSPS) is 41.8. The molecule has 4 aliphatic rings. The number of hydrogen-bond donors (Lipinski definition) is 1. The molecule has 0 saturated heterocycles. The van der Waals surface area contributed by atoms with Gasteiger partial charge in [0.25, 0.3) is 0 Å². The van der Waals surface area contributed by atoms with Gasteiger partial charge < -0.3 is 5.11 Å². The Kier molecular flexibility index (Phi) is 6.36. The number of rotatable bonds is 5. The van der Waals surface area contributed by atoms with Crippen molar-refractivity contribution in [3.63, 3.8) is 0 Å². The van der Waals surface area contributed by atoms with E-state index in [1.54, 1.807) is 5.57 Å². The largest absolute Gasteiger partial charge is 0.393 e. The van der Waals surface area contributed by atoms with Gasteiger partial charge in [-0.25, -0.2) is 0 Å². The van der Waals surface area contributed by atoms with Gasteiger partial charge in [-0.1, -0.05) is 51.8 Å². The first-order chi connectivity index (χ1) is 14.6. The van der Waals surface area contributed by atoms with Crippen molar-refractivity contribution in [2.45, 2.75) is 112 Å². The van der Waals surface area contributed by atoms with E-state index < -0.39 is 0 Å². The number of carbonyl (C=O) groups excluding carboxylic acids is 1. The first kappa shape index (κ1) is 23.3. The van der Waals surface area contributed by atoms with E-state index >= 15 is 0 Å². The third-order valence-electron chi connectivity index (χ3n) is 10.6. The van der Waals surface area contributed by atoms with Crippen LogP contribution in [-0.4, -0.2) is 17.0 Å². The molecule has 0 bridgehead atoms. The fraction of sp³-hybridized carbons (Fsp3) is 0.828. The highest BCUT2D eigenvalue weighted by atomic mass is 16.3. The van der Waals surface area contributed by atoms with Gasteiger partial charge >= 0.3 is 0 Å². The van der Waals surface area contributed by atoms with Gasteiger partial charge in [-0.3, -0.25) is 4.79 Å². The summed E-state index contributed by atoms with van der Waals surface area (Å²) in [7, 11) is 0. The molecule has 0 aromatic rings. The highest BCUT2D eigenvalue weighted by Gasteiger charge is 2.57. The Hall–Kier alpha value is -0.890. The predicted molar refractivity (Wildman–Crippen MR) is 129 cm³/mol. The second-order valence-corrected chi connectivity index (χ2v) is 12.3. The monoisotopic (exact) mass is 426 g/mol. The maximum atomic E-state index is 13.5. The zero-order valence-corrected chi connectivity index (χ0v) is 21.0. The fourth-order valence-electron chi connectivity index (χ4n) is 8.51.